The maximum Gasteiger partial charge on any atom is 0.0192 e. The van der Waals surface area contributed by atoms with Gasteiger partial charge < -0.3 is 10.2 Å². The van der Waals surface area contributed by atoms with Crippen LogP contribution < -0.4 is 5.32 Å². The van der Waals surface area contributed by atoms with Crippen LogP contribution in [-0.4, -0.2) is 37.1 Å². The average molecular weight is 226 g/mol. The van der Waals surface area contributed by atoms with Crippen molar-refractivity contribution in [3.8, 4) is 0 Å². The highest BCUT2D eigenvalue weighted by Gasteiger charge is 2.27. The van der Waals surface area contributed by atoms with Crippen molar-refractivity contribution in [3.63, 3.8) is 0 Å². The van der Waals surface area contributed by atoms with Gasteiger partial charge in [-0.3, -0.25) is 0 Å². The molecule has 0 radical (unpaired) electrons. The van der Waals surface area contributed by atoms with Crippen molar-refractivity contribution >= 4 is 0 Å². The Bertz CT molecular complexity index is 199. The Labute approximate surface area is 102 Å². The molecule has 96 valence electrons. The van der Waals surface area contributed by atoms with E-state index in [0.29, 0.717) is 11.5 Å². The van der Waals surface area contributed by atoms with E-state index in [0.717, 1.165) is 5.92 Å². The van der Waals surface area contributed by atoms with Crippen LogP contribution in [0.15, 0.2) is 0 Å². The van der Waals surface area contributed by atoms with Crippen LogP contribution in [0.3, 0.4) is 0 Å². The SMILES string of the molecule is CCC1CN(CC(C)(C)C(C)C)CCCN1. The maximum atomic E-state index is 3.63. The predicted molar refractivity (Wildman–Crippen MR) is 71.8 cm³/mol. The molecule has 1 unspecified atom stereocenters. The van der Waals surface area contributed by atoms with E-state index in [-0.39, 0.29) is 0 Å². The number of rotatable bonds is 4. The zero-order valence-electron chi connectivity index (χ0n) is 11.8. The third-order valence-electron chi connectivity index (χ3n) is 4.25. The predicted octanol–water partition coefficient (Wildman–Crippen LogP) is 2.74. The summed E-state index contributed by atoms with van der Waals surface area (Å²) in [5.41, 5.74) is 0.433. The van der Waals surface area contributed by atoms with Crippen molar-refractivity contribution in [2.75, 3.05) is 26.2 Å². The second-order valence-corrected chi connectivity index (χ2v) is 6.29. The fourth-order valence-electron chi connectivity index (χ4n) is 2.25. The van der Waals surface area contributed by atoms with Crippen molar-refractivity contribution in [2.45, 2.75) is 53.5 Å². The van der Waals surface area contributed by atoms with Gasteiger partial charge >= 0.3 is 0 Å². The van der Waals surface area contributed by atoms with E-state index in [1.54, 1.807) is 0 Å². The molecule has 0 aromatic rings. The van der Waals surface area contributed by atoms with E-state index in [2.05, 4.69) is 44.8 Å². The second kappa shape index (κ2) is 6.02. The first-order valence-electron chi connectivity index (χ1n) is 6.91. The molecule has 0 saturated carbocycles. The third kappa shape index (κ3) is 4.06. The molecule has 2 heteroatoms. The first-order chi connectivity index (χ1) is 7.45. The monoisotopic (exact) mass is 226 g/mol. The molecule has 1 rings (SSSR count). The Morgan fingerprint density at radius 2 is 2.06 bits per heavy atom. The molecule has 1 aliphatic rings. The van der Waals surface area contributed by atoms with E-state index in [1.165, 1.54) is 39.0 Å². The van der Waals surface area contributed by atoms with Crippen molar-refractivity contribution in [2.24, 2.45) is 11.3 Å². The molecule has 0 aromatic heterocycles. The molecule has 1 atom stereocenters. The number of nitrogens with zero attached hydrogens (tertiary/aromatic N) is 1. The van der Waals surface area contributed by atoms with Crippen molar-refractivity contribution < 1.29 is 0 Å². The van der Waals surface area contributed by atoms with E-state index >= 15 is 0 Å². The first kappa shape index (κ1) is 14.0. The van der Waals surface area contributed by atoms with Gasteiger partial charge in [0, 0.05) is 19.1 Å². The van der Waals surface area contributed by atoms with Gasteiger partial charge in [-0.1, -0.05) is 34.6 Å². The van der Waals surface area contributed by atoms with Gasteiger partial charge in [-0.2, -0.15) is 0 Å². The highest BCUT2D eigenvalue weighted by atomic mass is 15.2. The van der Waals surface area contributed by atoms with Crippen molar-refractivity contribution in [3.05, 3.63) is 0 Å². The molecular weight excluding hydrogens is 196 g/mol. The highest BCUT2D eigenvalue weighted by molar-refractivity contribution is 4.81. The molecule has 0 bridgehead atoms. The molecule has 1 N–H and O–H groups in total. The summed E-state index contributed by atoms with van der Waals surface area (Å²) in [5, 5.41) is 3.63. The summed E-state index contributed by atoms with van der Waals surface area (Å²) in [4.78, 5) is 2.66. The van der Waals surface area contributed by atoms with Crippen LogP contribution in [0.4, 0.5) is 0 Å². The molecular formula is C14H30N2. The highest BCUT2D eigenvalue weighted by Crippen LogP contribution is 2.27. The molecule has 16 heavy (non-hydrogen) atoms. The lowest BCUT2D eigenvalue weighted by Crippen LogP contribution is -2.42. The fraction of sp³-hybridized carbons (Fsp3) is 1.00. The summed E-state index contributed by atoms with van der Waals surface area (Å²) >= 11 is 0. The maximum absolute atomic E-state index is 3.63. The molecule has 1 fully saturated rings. The molecule has 1 heterocycles. The van der Waals surface area contributed by atoms with Gasteiger partial charge in [0.1, 0.15) is 0 Å². The van der Waals surface area contributed by atoms with Gasteiger partial charge in [-0.15, -0.1) is 0 Å². The summed E-state index contributed by atoms with van der Waals surface area (Å²) in [7, 11) is 0. The van der Waals surface area contributed by atoms with E-state index in [4.69, 9.17) is 0 Å². The number of hydrogen-bond acceptors (Lipinski definition) is 2. The third-order valence-corrected chi connectivity index (χ3v) is 4.25. The molecule has 2 nitrogen and oxygen atoms in total. The van der Waals surface area contributed by atoms with Gasteiger partial charge in [0.25, 0.3) is 0 Å². The van der Waals surface area contributed by atoms with Crippen LogP contribution in [0.25, 0.3) is 0 Å². The zero-order chi connectivity index (χ0) is 12.2. The Kier molecular flexibility index (Phi) is 5.26. The van der Waals surface area contributed by atoms with Gasteiger partial charge in [-0.05, 0) is 37.3 Å². The van der Waals surface area contributed by atoms with Crippen LogP contribution in [0.1, 0.15) is 47.5 Å². The normalized spacial score (nSPS) is 24.8. The number of hydrogen-bond donors (Lipinski definition) is 1. The van der Waals surface area contributed by atoms with Crippen molar-refractivity contribution in [1.29, 1.82) is 0 Å². The van der Waals surface area contributed by atoms with E-state index in [1.807, 2.05) is 0 Å². The number of nitrogens with one attached hydrogen (secondary N) is 1. The quantitative estimate of drug-likeness (QED) is 0.793. The van der Waals surface area contributed by atoms with Gasteiger partial charge in [-0.25, -0.2) is 0 Å². The standard InChI is InChI=1S/C14H30N2/c1-6-13-10-16(9-7-8-15-13)11-14(4,5)12(2)3/h12-13,15H,6-11H2,1-5H3. The Hall–Kier alpha value is -0.0800. The minimum absolute atomic E-state index is 0.433. The molecule has 0 aromatic carbocycles. The van der Waals surface area contributed by atoms with Crippen LogP contribution in [0, 0.1) is 11.3 Å². The largest absolute Gasteiger partial charge is 0.313 e. The first-order valence-corrected chi connectivity index (χ1v) is 6.91. The average Bonchev–Trinajstić information content (AvgIpc) is 2.42. The lowest BCUT2D eigenvalue weighted by atomic mass is 9.80. The summed E-state index contributed by atoms with van der Waals surface area (Å²) in [6, 6.07) is 0.700. The molecule has 0 aliphatic carbocycles. The van der Waals surface area contributed by atoms with Gasteiger partial charge in [0.05, 0.1) is 0 Å². The minimum atomic E-state index is 0.433. The van der Waals surface area contributed by atoms with Crippen molar-refractivity contribution in [1.82, 2.24) is 10.2 Å². The molecule has 1 aliphatic heterocycles. The topological polar surface area (TPSA) is 15.3 Å². The van der Waals surface area contributed by atoms with E-state index in [9.17, 15) is 0 Å². The fourth-order valence-corrected chi connectivity index (χ4v) is 2.25. The lowest BCUT2D eigenvalue weighted by Gasteiger charge is -2.36. The summed E-state index contributed by atoms with van der Waals surface area (Å²) in [6.45, 7) is 16.7. The summed E-state index contributed by atoms with van der Waals surface area (Å²) in [5.74, 6) is 0.754. The molecule has 0 amide bonds. The smallest absolute Gasteiger partial charge is 0.0192 e. The zero-order valence-corrected chi connectivity index (χ0v) is 11.8. The summed E-state index contributed by atoms with van der Waals surface area (Å²) in [6.07, 6.45) is 2.54. The van der Waals surface area contributed by atoms with Crippen LogP contribution in [-0.2, 0) is 0 Å². The Morgan fingerprint density at radius 1 is 1.38 bits per heavy atom. The summed E-state index contributed by atoms with van der Waals surface area (Å²) < 4.78 is 0. The molecule has 0 spiro atoms. The Balaban J connectivity index is 2.51. The van der Waals surface area contributed by atoms with Gasteiger partial charge in [0.2, 0.25) is 0 Å². The minimum Gasteiger partial charge on any atom is -0.313 e. The van der Waals surface area contributed by atoms with Crippen LogP contribution >= 0.6 is 0 Å². The lowest BCUT2D eigenvalue weighted by molar-refractivity contribution is 0.132. The van der Waals surface area contributed by atoms with E-state index < -0.39 is 0 Å². The second-order valence-electron chi connectivity index (χ2n) is 6.29. The van der Waals surface area contributed by atoms with Gasteiger partial charge in [0.15, 0.2) is 0 Å². The van der Waals surface area contributed by atoms with Crippen LogP contribution in [0.5, 0.6) is 0 Å². The van der Waals surface area contributed by atoms with Crippen LogP contribution in [0.2, 0.25) is 0 Å². The Morgan fingerprint density at radius 3 is 2.62 bits per heavy atom. The molecule has 1 saturated heterocycles.